The van der Waals surface area contributed by atoms with Crippen LogP contribution in [0.3, 0.4) is 0 Å². The lowest BCUT2D eigenvalue weighted by Crippen LogP contribution is -2.47. The molecule has 0 spiro atoms. The van der Waals surface area contributed by atoms with Gasteiger partial charge in [-0.3, -0.25) is 9.36 Å². The van der Waals surface area contributed by atoms with Gasteiger partial charge < -0.3 is 14.8 Å². The molecule has 1 amide bonds. The monoisotopic (exact) mass is 416 g/mol. The number of hydrogen-bond donors (Lipinski definition) is 1. The van der Waals surface area contributed by atoms with Crippen molar-refractivity contribution in [3.8, 4) is 0 Å². The topological polar surface area (TPSA) is 86.6 Å². The SMILES string of the molecule is CC(C)C(NC(=O)c1ccc2c(ccn2C(=O)OC(C)(C)C)c1)C(=O)OC(C)(C)C. The van der Waals surface area contributed by atoms with Crippen molar-refractivity contribution < 1.29 is 23.9 Å². The molecule has 2 aromatic rings. The number of carbonyl (C=O) groups excluding carboxylic acids is 3. The molecule has 30 heavy (non-hydrogen) atoms. The van der Waals surface area contributed by atoms with E-state index in [1.165, 1.54) is 4.57 Å². The molecule has 0 saturated carbocycles. The van der Waals surface area contributed by atoms with Gasteiger partial charge in [0.15, 0.2) is 0 Å². The molecule has 7 heteroatoms. The number of ether oxygens (including phenoxy) is 2. The number of rotatable bonds is 4. The minimum atomic E-state index is -0.765. The zero-order chi connectivity index (χ0) is 22.9. The molecule has 1 heterocycles. The highest BCUT2D eigenvalue weighted by Crippen LogP contribution is 2.20. The molecule has 1 unspecified atom stereocenters. The minimum Gasteiger partial charge on any atom is -0.458 e. The van der Waals surface area contributed by atoms with Crippen molar-refractivity contribution in [3.05, 3.63) is 36.0 Å². The quantitative estimate of drug-likeness (QED) is 0.741. The Balaban J connectivity index is 2.23. The van der Waals surface area contributed by atoms with E-state index >= 15 is 0 Å². The molecule has 1 atom stereocenters. The largest absolute Gasteiger partial charge is 0.458 e. The molecule has 164 valence electrons. The van der Waals surface area contributed by atoms with Gasteiger partial charge in [0, 0.05) is 17.1 Å². The summed E-state index contributed by atoms with van der Waals surface area (Å²) >= 11 is 0. The normalized spacial score (nSPS) is 13.2. The van der Waals surface area contributed by atoms with Gasteiger partial charge in [0.2, 0.25) is 0 Å². The molecule has 7 nitrogen and oxygen atoms in total. The van der Waals surface area contributed by atoms with Gasteiger partial charge in [-0.2, -0.15) is 0 Å². The Bertz CT molecular complexity index is 945. The van der Waals surface area contributed by atoms with Gasteiger partial charge in [0.25, 0.3) is 5.91 Å². The van der Waals surface area contributed by atoms with Crippen LogP contribution in [0.4, 0.5) is 4.79 Å². The van der Waals surface area contributed by atoms with Crippen LogP contribution in [0.5, 0.6) is 0 Å². The molecular formula is C23H32N2O5. The summed E-state index contributed by atoms with van der Waals surface area (Å²) in [5.74, 6) is -0.990. The predicted octanol–water partition coefficient (Wildman–Crippen LogP) is 4.52. The highest BCUT2D eigenvalue weighted by atomic mass is 16.6. The summed E-state index contributed by atoms with van der Waals surface area (Å²) in [6, 6.07) is 5.96. The second-order valence-electron chi connectivity index (χ2n) is 9.67. The van der Waals surface area contributed by atoms with Gasteiger partial charge in [-0.05, 0) is 71.7 Å². The molecule has 0 aliphatic heterocycles. The Kier molecular flexibility index (Phi) is 6.64. The first-order valence-corrected chi connectivity index (χ1v) is 10.1. The Hall–Kier alpha value is -2.83. The fourth-order valence-corrected chi connectivity index (χ4v) is 2.84. The number of aromatic nitrogens is 1. The molecule has 1 N–H and O–H groups in total. The van der Waals surface area contributed by atoms with Crippen LogP contribution in [0.2, 0.25) is 0 Å². The number of hydrogen-bond acceptors (Lipinski definition) is 5. The maximum absolute atomic E-state index is 12.8. The van der Waals surface area contributed by atoms with E-state index in [-0.39, 0.29) is 11.8 Å². The van der Waals surface area contributed by atoms with E-state index in [0.717, 1.165) is 0 Å². The highest BCUT2D eigenvalue weighted by Gasteiger charge is 2.29. The first kappa shape index (κ1) is 23.4. The second-order valence-corrected chi connectivity index (χ2v) is 9.67. The van der Waals surface area contributed by atoms with Gasteiger partial charge >= 0.3 is 12.1 Å². The average molecular weight is 417 g/mol. The molecule has 1 aromatic heterocycles. The van der Waals surface area contributed by atoms with Crippen LogP contribution in [-0.4, -0.2) is 39.8 Å². The summed E-state index contributed by atoms with van der Waals surface area (Å²) in [5.41, 5.74) is -0.230. The van der Waals surface area contributed by atoms with E-state index in [4.69, 9.17) is 9.47 Å². The van der Waals surface area contributed by atoms with Crippen LogP contribution in [0.1, 0.15) is 65.7 Å². The van der Waals surface area contributed by atoms with E-state index in [1.54, 1.807) is 72.0 Å². The number of nitrogens with one attached hydrogen (secondary N) is 1. The zero-order valence-electron chi connectivity index (χ0n) is 19.0. The maximum atomic E-state index is 12.8. The average Bonchev–Trinajstić information content (AvgIpc) is 2.99. The van der Waals surface area contributed by atoms with Gasteiger partial charge in [0.05, 0.1) is 5.52 Å². The first-order valence-electron chi connectivity index (χ1n) is 10.1. The molecule has 0 fully saturated rings. The summed E-state index contributed by atoms with van der Waals surface area (Å²) in [4.78, 5) is 37.6. The van der Waals surface area contributed by atoms with Crippen molar-refractivity contribution in [1.82, 2.24) is 9.88 Å². The summed E-state index contributed by atoms with van der Waals surface area (Å²) in [6.07, 6.45) is 1.12. The molecule has 1 aromatic carbocycles. The first-order chi connectivity index (χ1) is 13.7. The van der Waals surface area contributed by atoms with E-state index < -0.39 is 29.3 Å². The molecular weight excluding hydrogens is 384 g/mol. The molecule has 0 aliphatic rings. The Morgan fingerprint density at radius 3 is 2.07 bits per heavy atom. The van der Waals surface area contributed by atoms with Gasteiger partial charge in [-0.1, -0.05) is 13.8 Å². The van der Waals surface area contributed by atoms with E-state index in [0.29, 0.717) is 16.5 Å². The van der Waals surface area contributed by atoms with E-state index in [2.05, 4.69) is 5.32 Å². The van der Waals surface area contributed by atoms with Gasteiger partial charge in [-0.15, -0.1) is 0 Å². The van der Waals surface area contributed by atoms with E-state index in [9.17, 15) is 14.4 Å². The van der Waals surface area contributed by atoms with Crippen molar-refractivity contribution in [2.24, 2.45) is 5.92 Å². The van der Waals surface area contributed by atoms with Crippen LogP contribution >= 0.6 is 0 Å². The van der Waals surface area contributed by atoms with Crippen LogP contribution in [-0.2, 0) is 14.3 Å². The minimum absolute atomic E-state index is 0.138. The summed E-state index contributed by atoms with van der Waals surface area (Å²) in [6.45, 7) is 14.4. The van der Waals surface area contributed by atoms with Crippen LogP contribution in [0.15, 0.2) is 30.5 Å². The predicted molar refractivity (Wildman–Crippen MR) is 116 cm³/mol. The number of fused-ring (bicyclic) bond motifs is 1. The fraction of sp³-hybridized carbons (Fsp3) is 0.522. The highest BCUT2D eigenvalue weighted by molar-refractivity contribution is 6.01. The number of amides is 1. The van der Waals surface area contributed by atoms with Crippen molar-refractivity contribution >= 4 is 28.9 Å². The molecule has 0 aliphatic carbocycles. The summed E-state index contributed by atoms with van der Waals surface area (Å²) < 4.78 is 12.2. The second kappa shape index (κ2) is 8.50. The van der Waals surface area contributed by atoms with Crippen LogP contribution < -0.4 is 5.32 Å². The Morgan fingerprint density at radius 1 is 0.933 bits per heavy atom. The van der Waals surface area contributed by atoms with Crippen molar-refractivity contribution in [2.75, 3.05) is 0 Å². The smallest absolute Gasteiger partial charge is 0.418 e. The lowest BCUT2D eigenvalue weighted by atomic mass is 10.0. The van der Waals surface area contributed by atoms with Crippen molar-refractivity contribution in [1.29, 1.82) is 0 Å². The standard InChI is InChI=1S/C23H32N2O5/c1-14(2)18(20(27)29-22(3,4)5)24-19(26)16-9-10-17-15(13-16)11-12-25(17)21(28)30-23(6,7)8/h9-14,18H,1-8H3,(H,24,26). The molecule has 0 bridgehead atoms. The van der Waals surface area contributed by atoms with Crippen LogP contribution in [0, 0.1) is 5.92 Å². The lowest BCUT2D eigenvalue weighted by molar-refractivity contribution is -0.158. The zero-order valence-corrected chi connectivity index (χ0v) is 19.0. The molecule has 2 rings (SSSR count). The molecule has 0 saturated heterocycles. The van der Waals surface area contributed by atoms with Crippen molar-refractivity contribution in [3.63, 3.8) is 0 Å². The third-order valence-corrected chi connectivity index (χ3v) is 4.16. The third-order valence-electron chi connectivity index (χ3n) is 4.16. The Labute approximate surface area is 177 Å². The van der Waals surface area contributed by atoms with Gasteiger partial charge in [-0.25, -0.2) is 9.59 Å². The number of benzene rings is 1. The van der Waals surface area contributed by atoms with Crippen molar-refractivity contribution in [2.45, 2.75) is 72.6 Å². The lowest BCUT2D eigenvalue weighted by Gasteiger charge is -2.26. The van der Waals surface area contributed by atoms with Gasteiger partial charge in [0.1, 0.15) is 17.2 Å². The number of carbonyl (C=O) groups is 3. The summed E-state index contributed by atoms with van der Waals surface area (Å²) in [5, 5.41) is 3.48. The maximum Gasteiger partial charge on any atom is 0.418 e. The summed E-state index contributed by atoms with van der Waals surface area (Å²) in [7, 11) is 0. The van der Waals surface area contributed by atoms with E-state index in [1.807, 2.05) is 13.8 Å². The molecule has 0 radical (unpaired) electrons. The number of nitrogens with zero attached hydrogens (tertiary/aromatic N) is 1. The third kappa shape index (κ3) is 6.08. The fourth-order valence-electron chi connectivity index (χ4n) is 2.84. The van der Waals surface area contributed by atoms with Crippen LogP contribution in [0.25, 0.3) is 10.9 Å². The Morgan fingerprint density at radius 2 is 1.53 bits per heavy atom. The number of esters is 1.